The first-order chi connectivity index (χ1) is 18.4. The van der Waals surface area contributed by atoms with E-state index < -0.39 is 17.9 Å². The summed E-state index contributed by atoms with van der Waals surface area (Å²) in [7, 11) is 0. The van der Waals surface area contributed by atoms with Crippen molar-refractivity contribution < 1.29 is 23.0 Å². The Kier molecular flexibility index (Phi) is 6.56. The van der Waals surface area contributed by atoms with Crippen molar-refractivity contribution in [1.82, 2.24) is 35.5 Å². The molecule has 1 aliphatic heterocycles. The molecule has 3 aromatic rings. The average molecular weight is 528 g/mol. The number of nitrogens with one attached hydrogen (secondary N) is 2. The van der Waals surface area contributed by atoms with Gasteiger partial charge in [0.1, 0.15) is 5.69 Å². The van der Waals surface area contributed by atoms with Crippen LogP contribution in [0.1, 0.15) is 97.2 Å². The van der Waals surface area contributed by atoms with Gasteiger partial charge in [-0.2, -0.15) is 5.10 Å². The Morgan fingerprint density at radius 3 is 2.79 bits per heavy atom. The summed E-state index contributed by atoms with van der Waals surface area (Å²) in [6.45, 7) is 0.711. The number of amides is 2. The monoisotopic (exact) mass is 527 g/mol. The van der Waals surface area contributed by atoms with Gasteiger partial charge in [0.15, 0.2) is 11.3 Å². The van der Waals surface area contributed by atoms with Crippen LogP contribution in [0.15, 0.2) is 23.1 Å². The van der Waals surface area contributed by atoms with Crippen molar-refractivity contribution in [3.63, 3.8) is 0 Å². The highest BCUT2D eigenvalue weighted by Gasteiger charge is 2.40. The smallest absolute Gasteiger partial charge is 0.276 e. The second kappa shape index (κ2) is 10.0. The molecular weight excluding hydrogens is 496 g/mol. The molecule has 4 heterocycles. The van der Waals surface area contributed by atoms with E-state index in [1.807, 2.05) is 6.07 Å². The first-order valence-corrected chi connectivity index (χ1v) is 13.5. The molecule has 3 aromatic heterocycles. The number of alkyl halides is 2. The predicted octanol–water partition coefficient (Wildman–Crippen LogP) is 3.75. The normalized spacial score (nSPS) is 23.1. The van der Waals surface area contributed by atoms with Gasteiger partial charge < -0.3 is 10.6 Å². The molecule has 0 bridgehead atoms. The summed E-state index contributed by atoms with van der Waals surface area (Å²) in [4.78, 5) is 30.4. The molecular formula is C26H31F2N7O3. The molecule has 3 aliphatic rings. The minimum absolute atomic E-state index is 0.0659. The Morgan fingerprint density at radius 2 is 2.00 bits per heavy atom. The van der Waals surface area contributed by atoms with Crippen molar-refractivity contribution in [3.05, 3.63) is 41.1 Å². The first-order valence-electron chi connectivity index (χ1n) is 13.5. The minimum atomic E-state index is -2.69. The lowest BCUT2D eigenvalue weighted by Crippen LogP contribution is -2.37. The number of halogens is 2. The lowest BCUT2D eigenvalue weighted by molar-refractivity contribution is -0.124. The number of aromatic nitrogens is 5. The van der Waals surface area contributed by atoms with Gasteiger partial charge in [-0.15, -0.1) is 0 Å². The molecule has 38 heavy (non-hydrogen) atoms. The van der Waals surface area contributed by atoms with E-state index in [-0.39, 0.29) is 55.0 Å². The molecule has 10 nitrogen and oxygen atoms in total. The maximum Gasteiger partial charge on any atom is 0.276 e. The third kappa shape index (κ3) is 5.25. The van der Waals surface area contributed by atoms with Gasteiger partial charge in [0.05, 0.1) is 24.1 Å². The molecule has 0 unspecified atom stereocenters. The number of nitrogens with zero attached hydrogens (tertiary/aromatic N) is 5. The second-order valence-corrected chi connectivity index (χ2v) is 10.9. The predicted molar refractivity (Wildman–Crippen MR) is 130 cm³/mol. The van der Waals surface area contributed by atoms with E-state index in [0.29, 0.717) is 30.0 Å². The number of carbonyl (C=O) groups excluding carboxylic acids is 2. The largest absolute Gasteiger partial charge is 0.356 e. The maximum absolute atomic E-state index is 14.0. The summed E-state index contributed by atoms with van der Waals surface area (Å²) in [5.41, 5.74) is 2.71. The lowest BCUT2D eigenvalue weighted by atomic mass is 9.81. The van der Waals surface area contributed by atoms with Crippen molar-refractivity contribution in [1.29, 1.82) is 0 Å². The van der Waals surface area contributed by atoms with Gasteiger partial charge in [-0.05, 0) is 67.7 Å². The van der Waals surface area contributed by atoms with E-state index in [1.54, 1.807) is 16.9 Å². The van der Waals surface area contributed by atoms with Gasteiger partial charge in [-0.3, -0.25) is 9.59 Å². The van der Waals surface area contributed by atoms with Crippen LogP contribution in [0, 0.1) is 11.8 Å². The van der Waals surface area contributed by atoms with Crippen LogP contribution >= 0.6 is 0 Å². The van der Waals surface area contributed by atoms with Crippen LogP contribution in [0.2, 0.25) is 0 Å². The average Bonchev–Trinajstić information content (AvgIpc) is 3.52. The number of hydrogen-bond acceptors (Lipinski definition) is 7. The van der Waals surface area contributed by atoms with E-state index in [4.69, 9.17) is 9.61 Å². The van der Waals surface area contributed by atoms with Crippen molar-refractivity contribution in [3.8, 4) is 0 Å². The van der Waals surface area contributed by atoms with E-state index in [9.17, 15) is 18.4 Å². The standard InChI is InChI=1S/C26H31F2N7O3/c27-26(28)8-6-17(7-9-26)21(32-25(37)23-22(16-4-5-16)33-38-34-23)19-14-35-20(31-19)12-15(13-30-35)11-18-3-1-2-10-29-24(18)36/h12-14,16-18,21H,1-11H2,(H,29,36)(H,32,37)/t18-,21-/m0/s1. The molecule has 202 valence electrons. The number of imidazole rings is 1. The Labute approximate surface area is 217 Å². The Hall–Kier alpha value is -3.44. The molecule has 1 saturated heterocycles. The molecule has 0 aromatic carbocycles. The Morgan fingerprint density at radius 1 is 1.18 bits per heavy atom. The highest BCUT2D eigenvalue weighted by atomic mass is 19.3. The lowest BCUT2D eigenvalue weighted by Gasteiger charge is -2.33. The molecule has 0 spiro atoms. The van der Waals surface area contributed by atoms with E-state index in [1.165, 1.54) is 0 Å². The van der Waals surface area contributed by atoms with Crippen LogP contribution in [0.4, 0.5) is 8.78 Å². The summed E-state index contributed by atoms with van der Waals surface area (Å²) >= 11 is 0. The zero-order valence-electron chi connectivity index (χ0n) is 21.0. The number of hydrogen-bond donors (Lipinski definition) is 2. The van der Waals surface area contributed by atoms with Crippen molar-refractivity contribution in [2.45, 2.75) is 82.1 Å². The topological polar surface area (TPSA) is 127 Å². The molecule has 0 radical (unpaired) electrons. The Balaban J connectivity index is 1.26. The van der Waals surface area contributed by atoms with Crippen LogP contribution < -0.4 is 10.6 Å². The SMILES string of the molecule is O=C(N[C@H](c1cn2ncc(C[C@@H]3CCCCNC3=O)cc2n1)C1CCC(F)(F)CC1)c1nonc1C1CC1. The molecule has 6 rings (SSSR count). The summed E-state index contributed by atoms with van der Waals surface area (Å²) < 4.78 is 34.4. The summed E-state index contributed by atoms with van der Waals surface area (Å²) in [5.74, 6) is -3.23. The summed E-state index contributed by atoms with van der Waals surface area (Å²) in [6, 6.07) is 1.30. The fraction of sp³-hybridized carbons (Fsp3) is 0.615. The van der Waals surface area contributed by atoms with Crippen LogP contribution in [0.5, 0.6) is 0 Å². The van der Waals surface area contributed by atoms with Gasteiger partial charge >= 0.3 is 0 Å². The molecule has 2 aliphatic carbocycles. The number of rotatable bonds is 7. The molecule has 2 saturated carbocycles. The third-order valence-electron chi connectivity index (χ3n) is 8.06. The van der Waals surface area contributed by atoms with Gasteiger partial charge in [0.2, 0.25) is 11.8 Å². The highest BCUT2D eigenvalue weighted by molar-refractivity contribution is 5.93. The highest BCUT2D eigenvalue weighted by Crippen LogP contribution is 2.42. The van der Waals surface area contributed by atoms with Crippen molar-refractivity contribution >= 4 is 17.5 Å². The molecule has 2 amide bonds. The van der Waals surface area contributed by atoms with Crippen molar-refractivity contribution in [2.24, 2.45) is 11.8 Å². The van der Waals surface area contributed by atoms with Gasteiger partial charge in [0.25, 0.3) is 5.91 Å². The van der Waals surface area contributed by atoms with Crippen molar-refractivity contribution in [2.75, 3.05) is 6.54 Å². The molecule has 2 N–H and O–H groups in total. The van der Waals surface area contributed by atoms with Gasteiger partial charge in [0, 0.05) is 31.2 Å². The Bertz CT molecular complexity index is 1330. The number of fused-ring (bicyclic) bond motifs is 1. The second-order valence-electron chi connectivity index (χ2n) is 10.9. The third-order valence-corrected chi connectivity index (χ3v) is 8.06. The summed E-state index contributed by atoms with van der Waals surface area (Å²) in [5, 5.41) is 18.2. The van der Waals surface area contributed by atoms with Gasteiger partial charge in [-0.25, -0.2) is 22.9 Å². The molecule has 12 heteroatoms. The van der Waals surface area contributed by atoms with Crippen LogP contribution in [-0.2, 0) is 11.2 Å². The molecule has 3 fully saturated rings. The minimum Gasteiger partial charge on any atom is -0.356 e. The summed E-state index contributed by atoms with van der Waals surface area (Å²) in [6.07, 6.45) is 8.75. The molecule has 2 atom stereocenters. The maximum atomic E-state index is 14.0. The van der Waals surface area contributed by atoms with E-state index >= 15 is 0 Å². The first kappa shape index (κ1) is 24.9. The quantitative estimate of drug-likeness (QED) is 0.479. The van der Waals surface area contributed by atoms with E-state index in [0.717, 1.165) is 37.7 Å². The fourth-order valence-electron chi connectivity index (χ4n) is 5.69. The zero-order valence-corrected chi connectivity index (χ0v) is 21.0. The van der Waals surface area contributed by atoms with Crippen LogP contribution in [0.3, 0.4) is 0 Å². The fourth-order valence-corrected chi connectivity index (χ4v) is 5.69. The van der Waals surface area contributed by atoms with Gasteiger partial charge in [-0.1, -0.05) is 11.6 Å². The van der Waals surface area contributed by atoms with Crippen LogP contribution in [0.25, 0.3) is 5.65 Å². The number of carbonyl (C=O) groups is 2. The zero-order chi connectivity index (χ0) is 26.3. The van der Waals surface area contributed by atoms with Crippen LogP contribution in [-0.4, -0.2) is 49.2 Å². The van der Waals surface area contributed by atoms with E-state index in [2.05, 4.69) is 26.0 Å².